The topological polar surface area (TPSA) is 54.3 Å². The number of benzene rings is 2. The maximum atomic E-state index is 13.3. The molecule has 5 nitrogen and oxygen atoms in total. The number of halogens is 1. The molecule has 0 amide bonds. The highest BCUT2D eigenvalue weighted by atomic mass is 79.9. The van der Waals surface area contributed by atoms with Crippen LogP contribution in [0.5, 0.6) is 0 Å². The van der Waals surface area contributed by atoms with Crippen LogP contribution in [0.2, 0.25) is 0 Å². The van der Waals surface area contributed by atoms with Crippen molar-refractivity contribution in [2.75, 3.05) is 31.1 Å². The number of sulfone groups is 1. The van der Waals surface area contributed by atoms with Gasteiger partial charge >= 0.3 is 0 Å². The number of fused-ring (bicyclic) bond motifs is 1. The second-order valence-electron chi connectivity index (χ2n) is 6.50. The molecular formula is C19H20BrN3O2S. The van der Waals surface area contributed by atoms with Crippen LogP contribution in [0, 0.1) is 0 Å². The van der Waals surface area contributed by atoms with Crippen molar-refractivity contribution in [1.29, 1.82) is 0 Å². The van der Waals surface area contributed by atoms with Gasteiger partial charge in [-0.05, 0) is 36.4 Å². The van der Waals surface area contributed by atoms with Gasteiger partial charge in [0.05, 0.1) is 9.79 Å². The summed E-state index contributed by atoms with van der Waals surface area (Å²) in [6.07, 6.45) is 1.70. The molecule has 0 unspecified atom stereocenters. The Bertz CT molecular complexity index is 1070. The molecule has 3 aromatic rings. The Labute approximate surface area is 161 Å². The number of nitrogens with one attached hydrogen (secondary N) is 1. The molecule has 0 saturated carbocycles. The molecule has 4 rings (SSSR count). The van der Waals surface area contributed by atoms with Crippen LogP contribution in [0.1, 0.15) is 0 Å². The summed E-state index contributed by atoms with van der Waals surface area (Å²) in [6, 6.07) is 13.0. The molecule has 7 heteroatoms. The fourth-order valence-corrected chi connectivity index (χ4v) is 5.34. The molecule has 0 atom stereocenters. The molecule has 26 heavy (non-hydrogen) atoms. The molecule has 1 fully saturated rings. The minimum absolute atomic E-state index is 0.334. The minimum atomic E-state index is -3.61. The van der Waals surface area contributed by atoms with Crippen molar-refractivity contribution in [1.82, 2.24) is 9.88 Å². The highest BCUT2D eigenvalue weighted by Crippen LogP contribution is 2.32. The third kappa shape index (κ3) is 3.04. The van der Waals surface area contributed by atoms with Gasteiger partial charge in [-0.3, -0.25) is 0 Å². The van der Waals surface area contributed by atoms with Gasteiger partial charge in [0, 0.05) is 60.5 Å². The highest BCUT2D eigenvalue weighted by Gasteiger charge is 2.24. The van der Waals surface area contributed by atoms with E-state index in [1.54, 1.807) is 18.3 Å². The van der Waals surface area contributed by atoms with Crippen LogP contribution in [-0.4, -0.2) is 39.2 Å². The van der Waals surface area contributed by atoms with Gasteiger partial charge in [0.1, 0.15) is 0 Å². The highest BCUT2D eigenvalue weighted by molar-refractivity contribution is 9.10. The van der Waals surface area contributed by atoms with Gasteiger partial charge in [0.15, 0.2) is 0 Å². The summed E-state index contributed by atoms with van der Waals surface area (Å²) < 4.78 is 29.4. The van der Waals surface area contributed by atoms with Crippen LogP contribution in [0.15, 0.2) is 62.9 Å². The van der Waals surface area contributed by atoms with Gasteiger partial charge in [0.25, 0.3) is 0 Å². The number of piperazine rings is 1. The summed E-state index contributed by atoms with van der Waals surface area (Å²) in [4.78, 5) is 2.89. The number of aryl methyl sites for hydroxylation is 1. The molecule has 1 saturated heterocycles. The van der Waals surface area contributed by atoms with Crippen LogP contribution in [0.4, 0.5) is 5.69 Å². The molecule has 1 aromatic heterocycles. The Morgan fingerprint density at radius 3 is 2.62 bits per heavy atom. The Hall–Kier alpha value is -1.83. The molecule has 0 radical (unpaired) electrons. The number of aromatic nitrogens is 1. The van der Waals surface area contributed by atoms with E-state index in [1.165, 1.54) is 0 Å². The Balaban J connectivity index is 1.81. The van der Waals surface area contributed by atoms with E-state index in [0.717, 1.165) is 47.2 Å². The van der Waals surface area contributed by atoms with Gasteiger partial charge in [0.2, 0.25) is 9.84 Å². The van der Waals surface area contributed by atoms with E-state index in [0.29, 0.717) is 9.79 Å². The lowest BCUT2D eigenvalue weighted by Gasteiger charge is -2.29. The number of hydrogen-bond acceptors (Lipinski definition) is 4. The molecule has 0 spiro atoms. The average molecular weight is 434 g/mol. The van der Waals surface area contributed by atoms with Crippen molar-refractivity contribution in [3.05, 3.63) is 53.1 Å². The van der Waals surface area contributed by atoms with Gasteiger partial charge < -0.3 is 14.8 Å². The first-order valence-electron chi connectivity index (χ1n) is 8.52. The van der Waals surface area contributed by atoms with Crippen LogP contribution < -0.4 is 10.2 Å². The summed E-state index contributed by atoms with van der Waals surface area (Å²) in [7, 11) is -1.74. The monoisotopic (exact) mass is 433 g/mol. The van der Waals surface area contributed by atoms with Crippen molar-refractivity contribution in [2.24, 2.45) is 7.05 Å². The lowest BCUT2D eigenvalue weighted by Crippen LogP contribution is -2.43. The maximum absolute atomic E-state index is 13.3. The fourth-order valence-electron chi connectivity index (χ4n) is 3.44. The second-order valence-corrected chi connectivity index (χ2v) is 9.34. The third-order valence-corrected chi connectivity index (χ3v) is 7.09. The number of rotatable bonds is 3. The van der Waals surface area contributed by atoms with Crippen LogP contribution in [0.25, 0.3) is 10.9 Å². The Morgan fingerprint density at radius 1 is 1.08 bits per heavy atom. The van der Waals surface area contributed by atoms with E-state index in [4.69, 9.17) is 0 Å². The van der Waals surface area contributed by atoms with E-state index in [9.17, 15) is 8.42 Å². The predicted molar refractivity (Wildman–Crippen MR) is 108 cm³/mol. The van der Waals surface area contributed by atoms with Gasteiger partial charge in [-0.25, -0.2) is 8.42 Å². The smallest absolute Gasteiger partial charge is 0.208 e. The summed E-state index contributed by atoms with van der Waals surface area (Å²) in [5.41, 5.74) is 1.85. The summed E-state index contributed by atoms with van der Waals surface area (Å²) in [6.45, 7) is 3.58. The second kappa shape index (κ2) is 6.72. The lowest BCUT2D eigenvalue weighted by atomic mass is 10.2. The normalized spacial score (nSPS) is 15.5. The van der Waals surface area contributed by atoms with Crippen molar-refractivity contribution < 1.29 is 8.42 Å². The van der Waals surface area contributed by atoms with Gasteiger partial charge in [-0.2, -0.15) is 0 Å². The first-order chi connectivity index (χ1) is 12.5. The molecule has 2 aromatic carbocycles. The van der Waals surface area contributed by atoms with E-state index in [2.05, 4.69) is 26.1 Å². The van der Waals surface area contributed by atoms with Crippen LogP contribution >= 0.6 is 15.9 Å². The summed E-state index contributed by atoms with van der Waals surface area (Å²) in [5.74, 6) is 0. The molecule has 1 aliphatic heterocycles. The summed E-state index contributed by atoms with van der Waals surface area (Å²) >= 11 is 3.45. The zero-order valence-corrected chi connectivity index (χ0v) is 16.8. The quantitative estimate of drug-likeness (QED) is 0.688. The average Bonchev–Trinajstić information content (AvgIpc) is 2.99. The summed E-state index contributed by atoms with van der Waals surface area (Å²) in [5, 5.41) is 4.05. The third-order valence-electron chi connectivity index (χ3n) is 4.81. The van der Waals surface area contributed by atoms with Crippen molar-refractivity contribution in [3.63, 3.8) is 0 Å². The van der Waals surface area contributed by atoms with E-state index in [1.807, 2.05) is 41.9 Å². The lowest BCUT2D eigenvalue weighted by molar-refractivity contribution is 0.587. The first-order valence-corrected chi connectivity index (χ1v) is 10.8. The van der Waals surface area contributed by atoms with E-state index >= 15 is 0 Å². The van der Waals surface area contributed by atoms with Crippen molar-refractivity contribution in [3.8, 4) is 0 Å². The van der Waals surface area contributed by atoms with Gasteiger partial charge in [-0.1, -0.05) is 22.0 Å². The molecule has 2 heterocycles. The zero-order valence-electron chi connectivity index (χ0n) is 14.4. The number of nitrogens with zero attached hydrogens (tertiary/aromatic N) is 2. The molecule has 1 aliphatic rings. The van der Waals surface area contributed by atoms with Crippen LogP contribution in [-0.2, 0) is 16.9 Å². The molecular weight excluding hydrogens is 414 g/mol. The predicted octanol–water partition coefficient (Wildman–Crippen LogP) is 3.18. The first kappa shape index (κ1) is 17.6. The zero-order chi connectivity index (χ0) is 18.3. The molecule has 1 N–H and O–H groups in total. The van der Waals surface area contributed by atoms with E-state index < -0.39 is 9.84 Å². The molecule has 0 bridgehead atoms. The maximum Gasteiger partial charge on any atom is 0.208 e. The van der Waals surface area contributed by atoms with E-state index in [-0.39, 0.29) is 0 Å². The Kier molecular flexibility index (Phi) is 4.54. The minimum Gasteiger partial charge on any atom is -0.369 e. The number of anilines is 1. The number of hydrogen-bond donors (Lipinski definition) is 1. The molecule has 0 aliphatic carbocycles. The van der Waals surface area contributed by atoms with Crippen LogP contribution in [0.3, 0.4) is 0 Å². The van der Waals surface area contributed by atoms with Crippen molar-refractivity contribution >= 4 is 42.4 Å². The van der Waals surface area contributed by atoms with Gasteiger partial charge in [-0.15, -0.1) is 0 Å². The largest absolute Gasteiger partial charge is 0.369 e. The van der Waals surface area contributed by atoms with Crippen molar-refractivity contribution in [2.45, 2.75) is 9.79 Å². The fraction of sp³-hybridized carbons (Fsp3) is 0.263. The Morgan fingerprint density at radius 2 is 1.85 bits per heavy atom. The standard InChI is InChI=1S/C19H20BrN3O2S/c1-22-13-19(17-11-14(20)5-6-18(17)22)26(24,25)16-4-2-3-15(12-16)23-9-7-21-8-10-23/h2-6,11-13,21H,7-10H2,1H3. The molecule has 136 valence electrons. The SMILES string of the molecule is Cn1cc(S(=O)(=O)c2cccc(N3CCNCC3)c2)c2cc(Br)ccc21.